The van der Waals surface area contributed by atoms with Crippen LogP contribution >= 0.6 is 0 Å². The van der Waals surface area contributed by atoms with Crippen molar-refractivity contribution >= 4 is 16.9 Å². The highest BCUT2D eigenvalue weighted by Crippen LogP contribution is 2.65. The normalized spacial score (nSPS) is 41.8. The Hall–Kier alpha value is -2.10. The van der Waals surface area contributed by atoms with E-state index in [4.69, 9.17) is 4.98 Å². The van der Waals surface area contributed by atoms with Crippen LogP contribution in [0.1, 0.15) is 58.2 Å². The molecule has 3 fully saturated rings. The minimum atomic E-state index is 0.143. The number of hydrogen-bond acceptors (Lipinski definition) is 2. The summed E-state index contributed by atoms with van der Waals surface area (Å²) in [5.74, 6) is 4.40. The molecule has 4 aliphatic rings. The number of H-pyrrole nitrogens is 1. The lowest BCUT2D eigenvalue weighted by Gasteiger charge is -2.60. The minimum absolute atomic E-state index is 0.143. The Labute approximate surface area is 185 Å². The zero-order chi connectivity index (χ0) is 21.4. The Balaban J connectivity index is 1.26. The highest BCUT2D eigenvalue weighted by atomic mass is 16.2. The molecule has 0 bridgehead atoms. The fraction of sp³-hybridized carbons (Fsp3) is 0.630. The lowest BCUT2D eigenvalue weighted by molar-refractivity contribution is -0.138. The van der Waals surface area contributed by atoms with E-state index >= 15 is 0 Å². The molecule has 7 atom stereocenters. The van der Waals surface area contributed by atoms with Gasteiger partial charge in [0.25, 0.3) is 0 Å². The second kappa shape index (κ2) is 6.70. The van der Waals surface area contributed by atoms with E-state index in [0.29, 0.717) is 17.4 Å². The van der Waals surface area contributed by atoms with Gasteiger partial charge in [-0.1, -0.05) is 32.1 Å². The Morgan fingerprint density at radius 1 is 1.10 bits per heavy atom. The summed E-state index contributed by atoms with van der Waals surface area (Å²) in [5.41, 5.74) is 2.82. The Morgan fingerprint density at radius 2 is 1.94 bits per heavy atom. The van der Waals surface area contributed by atoms with E-state index in [1.807, 2.05) is 18.0 Å². The number of para-hydroxylation sites is 2. The SMILES string of the molecule is CN1C(=O)C=C[C@]2(C)[C@H]3CC[C@]4(C)[C@@H](Cc5nc6ccccc6[nH]5)CC[C@H]4[C@@H]3CC[C@@H]12. The third kappa shape index (κ3) is 2.72. The zero-order valence-corrected chi connectivity index (χ0v) is 19.1. The van der Waals surface area contributed by atoms with Crippen LogP contribution in [0.25, 0.3) is 11.0 Å². The zero-order valence-electron chi connectivity index (χ0n) is 19.1. The largest absolute Gasteiger partial charge is 0.342 e. The van der Waals surface area contributed by atoms with Gasteiger partial charge in [0.1, 0.15) is 5.82 Å². The third-order valence-electron chi connectivity index (χ3n) is 10.2. The number of hydrogen-bond donors (Lipinski definition) is 1. The van der Waals surface area contributed by atoms with E-state index in [2.05, 4.69) is 49.2 Å². The van der Waals surface area contributed by atoms with E-state index in [1.165, 1.54) is 37.9 Å². The van der Waals surface area contributed by atoms with E-state index in [-0.39, 0.29) is 11.3 Å². The fourth-order valence-corrected chi connectivity index (χ4v) is 8.52. The summed E-state index contributed by atoms with van der Waals surface area (Å²) in [6.45, 7) is 5.03. The molecule has 0 spiro atoms. The molecule has 164 valence electrons. The summed E-state index contributed by atoms with van der Waals surface area (Å²) in [7, 11) is 2.01. The predicted octanol–water partition coefficient (Wildman–Crippen LogP) is 5.36. The lowest BCUT2D eigenvalue weighted by atomic mass is 9.47. The Bertz CT molecular complexity index is 1020. The molecule has 1 aromatic carbocycles. The van der Waals surface area contributed by atoms with Crippen molar-refractivity contribution in [2.24, 2.45) is 34.5 Å². The van der Waals surface area contributed by atoms with Gasteiger partial charge in [0.2, 0.25) is 5.91 Å². The number of nitrogens with zero attached hydrogens (tertiary/aromatic N) is 2. The van der Waals surface area contributed by atoms with Gasteiger partial charge in [0.15, 0.2) is 0 Å². The number of carbonyl (C=O) groups excluding carboxylic acids is 1. The van der Waals surface area contributed by atoms with Crippen molar-refractivity contribution in [1.82, 2.24) is 14.9 Å². The number of imidazole rings is 1. The van der Waals surface area contributed by atoms with Gasteiger partial charge in [-0.05, 0) is 85.8 Å². The molecule has 4 nitrogen and oxygen atoms in total. The van der Waals surface area contributed by atoms with Crippen molar-refractivity contribution in [3.05, 3.63) is 42.2 Å². The van der Waals surface area contributed by atoms with Crippen molar-refractivity contribution in [3.8, 4) is 0 Å². The summed E-state index contributed by atoms with van der Waals surface area (Å²) < 4.78 is 0. The van der Waals surface area contributed by atoms with Gasteiger partial charge in [0, 0.05) is 24.9 Å². The van der Waals surface area contributed by atoms with Crippen molar-refractivity contribution in [1.29, 1.82) is 0 Å². The summed E-state index contributed by atoms with van der Waals surface area (Å²) in [5, 5.41) is 0. The summed E-state index contributed by atoms with van der Waals surface area (Å²) in [6, 6.07) is 8.78. The first-order chi connectivity index (χ1) is 14.9. The highest BCUT2D eigenvalue weighted by molar-refractivity contribution is 5.89. The first kappa shape index (κ1) is 19.6. The van der Waals surface area contributed by atoms with Gasteiger partial charge in [-0.2, -0.15) is 0 Å². The molecule has 2 heterocycles. The second-order valence-corrected chi connectivity index (χ2v) is 11.3. The van der Waals surface area contributed by atoms with Crippen molar-refractivity contribution in [3.63, 3.8) is 0 Å². The maximum Gasteiger partial charge on any atom is 0.246 e. The number of carbonyl (C=O) groups is 1. The number of likely N-dealkylation sites (N-methyl/N-ethyl adjacent to an activating group) is 1. The van der Waals surface area contributed by atoms with Crippen LogP contribution in [0.4, 0.5) is 0 Å². The molecule has 1 aliphatic heterocycles. The predicted molar refractivity (Wildman–Crippen MR) is 123 cm³/mol. The number of fused-ring (bicyclic) bond motifs is 6. The van der Waals surface area contributed by atoms with Crippen LogP contribution in [-0.4, -0.2) is 33.9 Å². The molecule has 0 radical (unpaired) electrons. The third-order valence-corrected chi connectivity index (χ3v) is 10.2. The Morgan fingerprint density at radius 3 is 2.77 bits per heavy atom. The van der Waals surface area contributed by atoms with Crippen LogP contribution < -0.4 is 0 Å². The summed E-state index contributed by atoms with van der Waals surface area (Å²) in [4.78, 5) is 22.8. The first-order valence-electron chi connectivity index (χ1n) is 12.3. The fourth-order valence-electron chi connectivity index (χ4n) is 8.52. The number of nitrogens with one attached hydrogen (secondary N) is 1. The number of aromatic nitrogens is 2. The Kier molecular flexibility index (Phi) is 4.23. The molecular weight excluding hydrogens is 382 g/mol. The average molecular weight is 418 g/mol. The number of aromatic amines is 1. The molecular formula is C27H35N3O. The van der Waals surface area contributed by atoms with E-state index in [0.717, 1.165) is 41.6 Å². The van der Waals surface area contributed by atoms with Crippen LogP contribution in [0.5, 0.6) is 0 Å². The first-order valence-corrected chi connectivity index (χ1v) is 12.3. The molecule has 1 aromatic heterocycles. The van der Waals surface area contributed by atoms with Gasteiger partial charge in [-0.25, -0.2) is 4.98 Å². The number of benzene rings is 1. The van der Waals surface area contributed by atoms with Crippen LogP contribution in [0, 0.1) is 34.5 Å². The van der Waals surface area contributed by atoms with Gasteiger partial charge < -0.3 is 9.88 Å². The van der Waals surface area contributed by atoms with Gasteiger partial charge in [0.05, 0.1) is 11.0 Å². The monoisotopic (exact) mass is 417 g/mol. The number of amides is 1. The quantitative estimate of drug-likeness (QED) is 0.715. The summed E-state index contributed by atoms with van der Waals surface area (Å²) in [6.07, 6.45) is 13.0. The second-order valence-electron chi connectivity index (χ2n) is 11.3. The van der Waals surface area contributed by atoms with E-state index in [9.17, 15) is 4.79 Å². The minimum Gasteiger partial charge on any atom is -0.342 e. The lowest BCUT2D eigenvalue weighted by Crippen LogP contribution is -2.59. The average Bonchev–Trinajstić information content (AvgIpc) is 3.32. The van der Waals surface area contributed by atoms with Crippen molar-refractivity contribution in [2.75, 3.05) is 7.05 Å². The molecule has 3 aliphatic carbocycles. The van der Waals surface area contributed by atoms with Gasteiger partial charge in [-0.15, -0.1) is 0 Å². The highest BCUT2D eigenvalue weighted by Gasteiger charge is 2.60. The molecule has 1 amide bonds. The van der Waals surface area contributed by atoms with Crippen LogP contribution in [-0.2, 0) is 11.2 Å². The summed E-state index contributed by atoms with van der Waals surface area (Å²) >= 11 is 0. The molecule has 4 heteroatoms. The molecule has 3 saturated carbocycles. The van der Waals surface area contributed by atoms with E-state index in [1.54, 1.807) is 0 Å². The molecule has 31 heavy (non-hydrogen) atoms. The molecule has 0 saturated heterocycles. The standard InChI is InChI=1S/C27H35N3O/c1-26-14-12-20-18(9-11-23-27(20,2)15-13-25(31)30(23)3)19(26)10-8-17(26)16-24-28-21-6-4-5-7-22(21)29-24/h4-7,13,15,17-20,23H,8-12,14,16H2,1-3H3,(H,28,29)/t17-,18+,19+,20+,23-,26-,27-/m1/s1. The maximum atomic E-state index is 12.3. The van der Waals surface area contributed by atoms with Crippen LogP contribution in [0.2, 0.25) is 0 Å². The van der Waals surface area contributed by atoms with Gasteiger partial charge >= 0.3 is 0 Å². The topological polar surface area (TPSA) is 49.0 Å². The molecule has 0 unspecified atom stereocenters. The molecule has 6 rings (SSSR count). The molecule has 2 aromatic rings. The van der Waals surface area contributed by atoms with Crippen LogP contribution in [0.15, 0.2) is 36.4 Å². The van der Waals surface area contributed by atoms with Gasteiger partial charge in [-0.3, -0.25) is 4.79 Å². The molecule has 1 N–H and O–H groups in total. The maximum absolute atomic E-state index is 12.3. The van der Waals surface area contributed by atoms with E-state index < -0.39 is 0 Å². The van der Waals surface area contributed by atoms with Crippen molar-refractivity contribution < 1.29 is 4.79 Å². The van der Waals surface area contributed by atoms with Crippen LogP contribution in [0.3, 0.4) is 0 Å². The number of rotatable bonds is 2. The van der Waals surface area contributed by atoms with Crippen molar-refractivity contribution in [2.45, 2.75) is 64.8 Å². The smallest absolute Gasteiger partial charge is 0.246 e.